The second-order valence-electron chi connectivity index (χ2n) is 8.15. The Morgan fingerprint density at radius 1 is 0.909 bits per heavy atom. The highest BCUT2D eigenvalue weighted by Gasteiger charge is 2.34. The normalized spacial score (nSPS) is 11.5. The van der Waals surface area contributed by atoms with Gasteiger partial charge in [-0.25, -0.2) is 4.79 Å². The van der Waals surface area contributed by atoms with Crippen molar-refractivity contribution in [3.8, 4) is 0 Å². The summed E-state index contributed by atoms with van der Waals surface area (Å²) in [6.45, 7) is 5.52. The molecule has 0 bridgehead atoms. The van der Waals surface area contributed by atoms with Gasteiger partial charge < -0.3 is 20.7 Å². The molecular formula is C23H26F3N3O4. The molecule has 0 atom stereocenters. The number of nitrogens with one attached hydrogen (secondary N) is 3. The van der Waals surface area contributed by atoms with E-state index in [-0.39, 0.29) is 25.4 Å². The molecule has 0 radical (unpaired) electrons. The van der Waals surface area contributed by atoms with Crippen LogP contribution >= 0.6 is 0 Å². The van der Waals surface area contributed by atoms with Crippen molar-refractivity contribution >= 4 is 23.6 Å². The number of rotatable bonds is 7. The van der Waals surface area contributed by atoms with Gasteiger partial charge in [0.2, 0.25) is 5.91 Å². The number of alkyl halides is 3. The number of carbonyl (C=O) groups is 3. The van der Waals surface area contributed by atoms with E-state index in [0.29, 0.717) is 5.69 Å². The minimum atomic E-state index is -4.64. The number of halogens is 3. The van der Waals surface area contributed by atoms with Gasteiger partial charge in [0.15, 0.2) is 0 Å². The van der Waals surface area contributed by atoms with Crippen LogP contribution in [-0.4, -0.2) is 30.1 Å². The zero-order chi connectivity index (χ0) is 24.6. The molecule has 178 valence electrons. The van der Waals surface area contributed by atoms with Gasteiger partial charge in [-0.15, -0.1) is 0 Å². The number of hydrogen-bond donors (Lipinski definition) is 3. The van der Waals surface area contributed by atoms with E-state index < -0.39 is 34.9 Å². The van der Waals surface area contributed by atoms with Crippen LogP contribution in [-0.2, 0) is 22.3 Å². The molecule has 2 aromatic carbocycles. The van der Waals surface area contributed by atoms with Gasteiger partial charge in [0.25, 0.3) is 5.91 Å². The van der Waals surface area contributed by atoms with Gasteiger partial charge in [-0.2, -0.15) is 13.2 Å². The summed E-state index contributed by atoms with van der Waals surface area (Å²) < 4.78 is 44.3. The zero-order valence-corrected chi connectivity index (χ0v) is 18.5. The number of hydrogen-bond acceptors (Lipinski definition) is 4. The Hall–Kier alpha value is -3.56. The van der Waals surface area contributed by atoms with Gasteiger partial charge in [0, 0.05) is 25.2 Å². The van der Waals surface area contributed by atoms with E-state index in [2.05, 4.69) is 16.0 Å². The van der Waals surface area contributed by atoms with Crippen LogP contribution in [0.2, 0.25) is 0 Å². The Bertz CT molecular complexity index is 984. The smallest absolute Gasteiger partial charge is 0.417 e. The van der Waals surface area contributed by atoms with E-state index in [4.69, 9.17) is 4.74 Å². The molecule has 0 fully saturated rings. The second-order valence-corrected chi connectivity index (χ2v) is 8.15. The number of amides is 3. The quantitative estimate of drug-likeness (QED) is 0.562. The maximum absolute atomic E-state index is 13.1. The van der Waals surface area contributed by atoms with Crippen LogP contribution in [0.3, 0.4) is 0 Å². The third kappa shape index (κ3) is 8.83. The molecule has 0 aromatic heterocycles. The largest absolute Gasteiger partial charge is 0.444 e. The van der Waals surface area contributed by atoms with Gasteiger partial charge in [-0.05, 0) is 50.6 Å². The summed E-state index contributed by atoms with van der Waals surface area (Å²) in [6.07, 6.45) is -5.18. The molecule has 0 aliphatic heterocycles. The standard InChI is InChI=1S/C23H26F3N3O4/c1-22(2,3)33-21(32)27-13-12-19(30)28-14-15-8-10-16(11-9-15)29-20(31)17-6-4-5-7-18(17)23(24,25)26/h4-11H,12-14H2,1-3H3,(H,27,32)(H,28,30)(H,29,31). The highest BCUT2D eigenvalue weighted by molar-refractivity contribution is 6.05. The Kier molecular flexibility index (Phi) is 8.44. The summed E-state index contributed by atoms with van der Waals surface area (Å²) in [5.74, 6) is -1.16. The minimum Gasteiger partial charge on any atom is -0.444 e. The topological polar surface area (TPSA) is 96.5 Å². The minimum absolute atomic E-state index is 0.0615. The summed E-state index contributed by atoms with van der Waals surface area (Å²) in [7, 11) is 0. The predicted molar refractivity (Wildman–Crippen MR) is 117 cm³/mol. The van der Waals surface area contributed by atoms with Crippen molar-refractivity contribution in [2.24, 2.45) is 0 Å². The fourth-order valence-electron chi connectivity index (χ4n) is 2.71. The van der Waals surface area contributed by atoms with Crippen LogP contribution in [0.4, 0.5) is 23.7 Å². The molecule has 3 N–H and O–H groups in total. The van der Waals surface area contributed by atoms with Crippen molar-refractivity contribution in [2.45, 2.75) is 45.5 Å². The van der Waals surface area contributed by atoms with E-state index >= 15 is 0 Å². The summed E-state index contributed by atoms with van der Waals surface area (Å²) in [4.78, 5) is 35.7. The van der Waals surface area contributed by atoms with Crippen molar-refractivity contribution in [3.63, 3.8) is 0 Å². The predicted octanol–water partition coefficient (Wildman–Crippen LogP) is 4.49. The first-order valence-electron chi connectivity index (χ1n) is 10.2. The van der Waals surface area contributed by atoms with Crippen LogP contribution in [0.1, 0.15) is 48.7 Å². The summed E-state index contributed by atoms with van der Waals surface area (Å²) in [6, 6.07) is 10.9. The maximum Gasteiger partial charge on any atom is 0.417 e. The number of benzene rings is 2. The molecule has 0 spiro atoms. The Labute approximate surface area is 189 Å². The van der Waals surface area contributed by atoms with Crippen LogP contribution < -0.4 is 16.0 Å². The molecule has 0 heterocycles. The van der Waals surface area contributed by atoms with E-state index in [9.17, 15) is 27.6 Å². The first-order valence-corrected chi connectivity index (χ1v) is 10.2. The van der Waals surface area contributed by atoms with Gasteiger partial charge in [0.05, 0.1) is 11.1 Å². The average Bonchev–Trinajstić information content (AvgIpc) is 2.71. The van der Waals surface area contributed by atoms with Crippen molar-refractivity contribution in [1.82, 2.24) is 10.6 Å². The molecule has 0 unspecified atom stereocenters. The fourth-order valence-corrected chi connectivity index (χ4v) is 2.71. The summed E-state index contributed by atoms with van der Waals surface area (Å²) in [5, 5.41) is 7.61. The van der Waals surface area contributed by atoms with E-state index in [1.54, 1.807) is 32.9 Å². The van der Waals surface area contributed by atoms with Crippen molar-refractivity contribution in [1.29, 1.82) is 0 Å². The summed E-state index contributed by atoms with van der Waals surface area (Å²) >= 11 is 0. The molecule has 2 rings (SSSR count). The van der Waals surface area contributed by atoms with Crippen molar-refractivity contribution in [3.05, 3.63) is 65.2 Å². The SMILES string of the molecule is CC(C)(C)OC(=O)NCCC(=O)NCc1ccc(NC(=O)c2ccccc2C(F)(F)F)cc1. The molecule has 3 amide bonds. The van der Waals surface area contributed by atoms with Crippen molar-refractivity contribution in [2.75, 3.05) is 11.9 Å². The third-order valence-electron chi connectivity index (χ3n) is 4.20. The van der Waals surface area contributed by atoms with Crippen LogP contribution in [0.15, 0.2) is 48.5 Å². The van der Waals surface area contributed by atoms with Crippen LogP contribution in [0.25, 0.3) is 0 Å². The Balaban J connectivity index is 1.82. The highest BCUT2D eigenvalue weighted by Crippen LogP contribution is 2.32. The lowest BCUT2D eigenvalue weighted by Gasteiger charge is -2.19. The molecular weight excluding hydrogens is 439 g/mol. The van der Waals surface area contributed by atoms with Crippen LogP contribution in [0, 0.1) is 0 Å². The Morgan fingerprint density at radius 3 is 2.15 bits per heavy atom. The molecule has 2 aromatic rings. The van der Waals surface area contributed by atoms with Crippen LogP contribution in [0.5, 0.6) is 0 Å². The average molecular weight is 465 g/mol. The zero-order valence-electron chi connectivity index (χ0n) is 18.5. The Morgan fingerprint density at radius 2 is 1.55 bits per heavy atom. The lowest BCUT2D eigenvalue weighted by atomic mass is 10.1. The van der Waals surface area contributed by atoms with Gasteiger partial charge >= 0.3 is 12.3 Å². The third-order valence-corrected chi connectivity index (χ3v) is 4.20. The fraction of sp³-hybridized carbons (Fsp3) is 0.348. The second kappa shape index (κ2) is 10.8. The molecule has 0 aliphatic carbocycles. The van der Waals surface area contributed by atoms with Gasteiger partial charge in [-0.3, -0.25) is 9.59 Å². The van der Waals surface area contributed by atoms with E-state index in [1.807, 2.05) is 0 Å². The molecule has 7 nitrogen and oxygen atoms in total. The molecule has 0 aliphatic rings. The lowest BCUT2D eigenvalue weighted by Crippen LogP contribution is -2.35. The van der Waals surface area contributed by atoms with Gasteiger partial charge in [0.1, 0.15) is 5.60 Å². The first kappa shape index (κ1) is 25.7. The molecule has 33 heavy (non-hydrogen) atoms. The molecule has 10 heteroatoms. The number of alkyl carbamates (subject to hydrolysis) is 1. The van der Waals surface area contributed by atoms with E-state index in [0.717, 1.165) is 17.7 Å². The monoisotopic (exact) mass is 465 g/mol. The summed E-state index contributed by atoms with van der Waals surface area (Å²) in [5.41, 5.74) is -1.07. The highest BCUT2D eigenvalue weighted by atomic mass is 19.4. The van der Waals surface area contributed by atoms with Crippen molar-refractivity contribution < 1.29 is 32.3 Å². The number of carbonyl (C=O) groups excluding carboxylic acids is 3. The van der Waals surface area contributed by atoms with Gasteiger partial charge in [-0.1, -0.05) is 24.3 Å². The molecule has 0 saturated carbocycles. The lowest BCUT2D eigenvalue weighted by molar-refractivity contribution is -0.137. The van der Waals surface area contributed by atoms with E-state index in [1.165, 1.54) is 24.3 Å². The first-order chi connectivity index (χ1) is 15.3. The maximum atomic E-state index is 13.1. The number of ether oxygens (including phenoxy) is 1. The molecule has 0 saturated heterocycles. The number of anilines is 1.